The smallest absolute Gasteiger partial charge is 0.240 e. The van der Waals surface area contributed by atoms with Gasteiger partial charge in [0.05, 0.1) is 16.8 Å². The fourth-order valence-corrected chi connectivity index (χ4v) is 3.39. The van der Waals surface area contributed by atoms with Crippen LogP contribution in [0.3, 0.4) is 0 Å². The standard InChI is InChI=1S/C15H17FN2O2/c16-10-4-5-12(11(17)8-10)18-13(19)9-15(14(18)20)6-2-1-3-7-15/h4-5,8H,1-3,6-7,9,17H2. The van der Waals surface area contributed by atoms with E-state index in [1.165, 1.54) is 12.1 Å². The van der Waals surface area contributed by atoms with E-state index < -0.39 is 11.2 Å². The van der Waals surface area contributed by atoms with Gasteiger partial charge in [0.15, 0.2) is 0 Å². The Bertz CT molecular complexity index is 579. The summed E-state index contributed by atoms with van der Waals surface area (Å²) in [5.41, 5.74) is 5.65. The number of anilines is 2. The Morgan fingerprint density at radius 2 is 1.85 bits per heavy atom. The van der Waals surface area contributed by atoms with Gasteiger partial charge in [0.2, 0.25) is 11.8 Å². The van der Waals surface area contributed by atoms with E-state index in [9.17, 15) is 14.0 Å². The van der Waals surface area contributed by atoms with Crippen molar-refractivity contribution in [1.29, 1.82) is 0 Å². The van der Waals surface area contributed by atoms with E-state index in [0.717, 1.165) is 43.1 Å². The number of benzene rings is 1. The van der Waals surface area contributed by atoms with Crippen LogP contribution < -0.4 is 10.6 Å². The quantitative estimate of drug-likeness (QED) is 0.633. The molecule has 2 amide bonds. The number of halogens is 1. The van der Waals surface area contributed by atoms with Gasteiger partial charge in [-0.1, -0.05) is 19.3 Å². The Morgan fingerprint density at radius 1 is 1.15 bits per heavy atom. The van der Waals surface area contributed by atoms with Crippen LogP contribution in [0.25, 0.3) is 0 Å². The Morgan fingerprint density at radius 3 is 2.50 bits per heavy atom. The fraction of sp³-hybridized carbons (Fsp3) is 0.467. The highest BCUT2D eigenvalue weighted by Crippen LogP contribution is 2.47. The molecule has 106 valence electrons. The third-order valence-electron chi connectivity index (χ3n) is 4.44. The molecular weight excluding hydrogens is 259 g/mol. The first kappa shape index (κ1) is 13.1. The molecule has 0 radical (unpaired) electrons. The Balaban J connectivity index is 1.98. The summed E-state index contributed by atoms with van der Waals surface area (Å²) in [7, 11) is 0. The van der Waals surface area contributed by atoms with Crippen LogP contribution in [0.2, 0.25) is 0 Å². The summed E-state index contributed by atoms with van der Waals surface area (Å²) in [6.45, 7) is 0. The van der Waals surface area contributed by atoms with Crippen molar-refractivity contribution in [1.82, 2.24) is 0 Å². The Hall–Kier alpha value is -1.91. The molecule has 1 saturated heterocycles. The first-order valence-corrected chi connectivity index (χ1v) is 6.96. The molecule has 0 bridgehead atoms. The van der Waals surface area contributed by atoms with E-state index in [1.54, 1.807) is 0 Å². The minimum atomic E-state index is -0.545. The maximum Gasteiger partial charge on any atom is 0.240 e. The molecule has 1 aliphatic heterocycles. The molecule has 1 spiro atoms. The first-order valence-electron chi connectivity index (χ1n) is 6.96. The second-order valence-corrected chi connectivity index (χ2v) is 5.76. The zero-order chi connectivity index (χ0) is 14.3. The Labute approximate surface area is 116 Å². The highest BCUT2D eigenvalue weighted by Gasteiger charge is 2.52. The molecule has 2 N–H and O–H groups in total. The van der Waals surface area contributed by atoms with Gasteiger partial charge in [-0.25, -0.2) is 9.29 Å². The maximum absolute atomic E-state index is 13.1. The molecule has 1 heterocycles. The third-order valence-corrected chi connectivity index (χ3v) is 4.44. The van der Waals surface area contributed by atoms with Gasteiger partial charge in [-0.3, -0.25) is 9.59 Å². The van der Waals surface area contributed by atoms with Crippen molar-refractivity contribution in [3.63, 3.8) is 0 Å². The van der Waals surface area contributed by atoms with Crippen LogP contribution in [-0.4, -0.2) is 11.8 Å². The minimum absolute atomic E-state index is 0.125. The van der Waals surface area contributed by atoms with Gasteiger partial charge in [-0.2, -0.15) is 0 Å². The van der Waals surface area contributed by atoms with Gasteiger partial charge in [-0.05, 0) is 31.0 Å². The van der Waals surface area contributed by atoms with Crippen LogP contribution in [0.5, 0.6) is 0 Å². The van der Waals surface area contributed by atoms with Gasteiger partial charge in [0, 0.05) is 6.42 Å². The summed E-state index contributed by atoms with van der Waals surface area (Å²) < 4.78 is 13.1. The number of amides is 2. The number of rotatable bonds is 1. The number of hydrogen-bond donors (Lipinski definition) is 1. The van der Waals surface area contributed by atoms with Gasteiger partial charge >= 0.3 is 0 Å². The number of nitrogens with two attached hydrogens (primary N) is 1. The monoisotopic (exact) mass is 276 g/mol. The lowest BCUT2D eigenvalue weighted by atomic mass is 9.73. The number of carbonyl (C=O) groups excluding carboxylic acids is 2. The van der Waals surface area contributed by atoms with E-state index in [0.29, 0.717) is 5.69 Å². The molecule has 0 unspecified atom stereocenters. The van der Waals surface area contributed by atoms with Crippen molar-refractivity contribution in [2.24, 2.45) is 5.41 Å². The van der Waals surface area contributed by atoms with Gasteiger partial charge in [0.1, 0.15) is 5.82 Å². The number of nitrogen functional groups attached to an aromatic ring is 1. The van der Waals surface area contributed by atoms with E-state index in [4.69, 9.17) is 5.73 Å². The van der Waals surface area contributed by atoms with E-state index in [-0.39, 0.29) is 23.9 Å². The molecule has 1 aromatic carbocycles. The van der Waals surface area contributed by atoms with Crippen molar-refractivity contribution >= 4 is 23.2 Å². The number of imide groups is 1. The molecule has 2 aliphatic rings. The number of carbonyl (C=O) groups is 2. The average molecular weight is 276 g/mol. The predicted molar refractivity (Wildman–Crippen MR) is 73.4 cm³/mol. The summed E-state index contributed by atoms with van der Waals surface area (Å²) in [6, 6.07) is 3.77. The predicted octanol–water partition coefficient (Wildman–Crippen LogP) is 2.62. The molecular formula is C15H17FN2O2. The summed E-state index contributed by atoms with van der Waals surface area (Å²) in [5, 5.41) is 0. The normalized spacial score (nSPS) is 21.8. The maximum atomic E-state index is 13.1. The molecule has 5 heteroatoms. The molecule has 0 atom stereocenters. The first-order chi connectivity index (χ1) is 9.53. The van der Waals surface area contributed by atoms with E-state index >= 15 is 0 Å². The van der Waals surface area contributed by atoms with Crippen LogP contribution >= 0.6 is 0 Å². The molecule has 3 rings (SSSR count). The van der Waals surface area contributed by atoms with Crippen LogP contribution in [0, 0.1) is 11.2 Å². The number of hydrogen-bond acceptors (Lipinski definition) is 3. The fourth-order valence-electron chi connectivity index (χ4n) is 3.39. The molecule has 1 aliphatic carbocycles. The summed E-state index contributed by atoms with van der Waals surface area (Å²) in [6.07, 6.45) is 4.84. The molecule has 20 heavy (non-hydrogen) atoms. The molecule has 2 fully saturated rings. The van der Waals surface area contributed by atoms with Gasteiger partial charge in [-0.15, -0.1) is 0 Å². The number of nitrogens with zero attached hydrogens (tertiary/aromatic N) is 1. The lowest BCUT2D eigenvalue weighted by Gasteiger charge is -2.30. The molecule has 1 aromatic rings. The Kier molecular flexibility index (Phi) is 3.00. The summed E-state index contributed by atoms with van der Waals surface area (Å²) >= 11 is 0. The lowest BCUT2D eigenvalue weighted by Crippen LogP contribution is -2.37. The zero-order valence-corrected chi connectivity index (χ0v) is 11.2. The SMILES string of the molecule is Nc1cc(F)ccc1N1C(=O)CC2(CCCCC2)C1=O. The minimum Gasteiger partial charge on any atom is -0.397 e. The highest BCUT2D eigenvalue weighted by atomic mass is 19.1. The van der Waals surface area contributed by atoms with Gasteiger partial charge < -0.3 is 5.73 Å². The summed E-state index contributed by atoms with van der Waals surface area (Å²) in [5.74, 6) is -0.867. The summed E-state index contributed by atoms with van der Waals surface area (Å²) in [4.78, 5) is 26.1. The van der Waals surface area contributed by atoms with Crippen molar-refractivity contribution in [3.8, 4) is 0 Å². The largest absolute Gasteiger partial charge is 0.397 e. The zero-order valence-electron chi connectivity index (χ0n) is 11.2. The molecule has 0 aromatic heterocycles. The molecule has 4 nitrogen and oxygen atoms in total. The lowest BCUT2D eigenvalue weighted by molar-refractivity contribution is -0.127. The third kappa shape index (κ3) is 1.88. The second-order valence-electron chi connectivity index (χ2n) is 5.76. The van der Waals surface area contributed by atoms with Crippen LogP contribution in [0.4, 0.5) is 15.8 Å². The van der Waals surface area contributed by atoms with Crippen molar-refractivity contribution in [2.75, 3.05) is 10.6 Å². The highest BCUT2D eigenvalue weighted by molar-refractivity contribution is 6.23. The van der Waals surface area contributed by atoms with Gasteiger partial charge in [0.25, 0.3) is 0 Å². The van der Waals surface area contributed by atoms with Crippen molar-refractivity contribution < 1.29 is 14.0 Å². The van der Waals surface area contributed by atoms with Crippen LogP contribution in [0.1, 0.15) is 38.5 Å². The molecule has 1 saturated carbocycles. The average Bonchev–Trinajstić information content (AvgIpc) is 2.63. The van der Waals surface area contributed by atoms with Crippen molar-refractivity contribution in [3.05, 3.63) is 24.0 Å². The topological polar surface area (TPSA) is 63.4 Å². The van der Waals surface area contributed by atoms with E-state index in [1.807, 2.05) is 0 Å². The van der Waals surface area contributed by atoms with Crippen molar-refractivity contribution in [2.45, 2.75) is 38.5 Å². The van der Waals surface area contributed by atoms with Crippen LogP contribution in [-0.2, 0) is 9.59 Å². The van der Waals surface area contributed by atoms with E-state index in [2.05, 4.69) is 0 Å². The van der Waals surface area contributed by atoms with Crippen LogP contribution in [0.15, 0.2) is 18.2 Å². The second kappa shape index (κ2) is 4.58.